The molecule has 108 valence electrons. The molecule has 3 rings (SSSR count). The topological polar surface area (TPSA) is 69.6 Å². The van der Waals surface area contributed by atoms with Crippen molar-refractivity contribution in [3.63, 3.8) is 0 Å². The van der Waals surface area contributed by atoms with Gasteiger partial charge < -0.3 is 15.5 Å². The Kier molecular flexibility index (Phi) is 3.38. The molecular weight excluding hydrogens is 278 g/mol. The third-order valence-corrected chi connectivity index (χ3v) is 4.63. The number of benzene rings is 1. The predicted molar refractivity (Wildman–Crippen MR) is 75.8 cm³/mol. The van der Waals surface area contributed by atoms with Crippen LogP contribution < -0.4 is 5.32 Å². The Morgan fingerprint density at radius 2 is 1.90 bits per heavy atom. The summed E-state index contributed by atoms with van der Waals surface area (Å²) in [5.41, 5.74) is -0.398. The Bertz CT molecular complexity index is 526. The Morgan fingerprint density at radius 3 is 2.40 bits per heavy atom. The molecule has 5 heteroatoms. The molecule has 20 heavy (non-hydrogen) atoms. The second kappa shape index (κ2) is 4.93. The van der Waals surface area contributed by atoms with E-state index in [1.54, 1.807) is 6.07 Å². The molecule has 0 bridgehead atoms. The number of halogens is 1. The normalized spacial score (nSPS) is 18.9. The Morgan fingerprint density at radius 1 is 1.30 bits per heavy atom. The van der Waals surface area contributed by atoms with Gasteiger partial charge in [0.25, 0.3) is 5.91 Å². The van der Waals surface area contributed by atoms with Gasteiger partial charge in [-0.15, -0.1) is 0 Å². The second-order valence-electron chi connectivity index (χ2n) is 5.89. The quantitative estimate of drug-likeness (QED) is 0.781. The molecule has 0 heterocycles. The molecule has 3 N–H and O–H groups in total. The average Bonchev–Trinajstić information content (AvgIpc) is 3.30. The first-order valence-corrected chi connectivity index (χ1v) is 7.37. The number of hydrogen-bond donors (Lipinski definition) is 3. The number of phenols is 1. The molecule has 0 aliphatic heterocycles. The van der Waals surface area contributed by atoms with Crippen molar-refractivity contribution in [3.05, 3.63) is 28.8 Å². The van der Waals surface area contributed by atoms with E-state index in [0.717, 1.165) is 25.7 Å². The third-order valence-electron chi connectivity index (χ3n) is 4.31. The SMILES string of the molecule is O=C(NCC(O)(C1CC1)C1CC1)c1ccc(Cl)c(O)c1. The van der Waals surface area contributed by atoms with Gasteiger partial charge in [-0.25, -0.2) is 0 Å². The lowest BCUT2D eigenvalue weighted by atomic mass is 9.91. The van der Waals surface area contributed by atoms with Crippen LogP contribution >= 0.6 is 11.6 Å². The van der Waals surface area contributed by atoms with Crippen LogP contribution in [0.5, 0.6) is 5.75 Å². The zero-order valence-corrected chi connectivity index (χ0v) is 11.9. The average molecular weight is 296 g/mol. The summed E-state index contributed by atoms with van der Waals surface area (Å²) < 4.78 is 0. The number of rotatable bonds is 5. The first-order valence-electron chi connectivity index (χ1n) is 7.00. The highest BCUT2D eigenvalue weighted by atomic mass is 35.5. The van der Waals surface area contributed by atoms with Crippen LogP contribution in [0.2, 0.25) is 5.02 Å². The van der Waals surface area contributed by atoms with Gasteiger partial charge in [-0.2, -0.15) is 0 Å². The van der Waals surface area contributed by atoms with Gasteiger partial charge in [-0.05, 0) is 55.7 Å². The van der Waals surface area contributed by atoms with Gasteiger partial charge in [0.2, 0.25) is 0 Å². The molecule has 2 fully saturated rings. The number of amides is 1. The van der Waals surface area contributed by atoms with Crippen LogP contribution in [0.1, 0.15) is 36.0 Å². The van der Waals surface area contributed by atoms with Crippen LogP contribution in [-0.2, 0) is 0 Å². The maximum absolute atomic E-state index is 12.1. The monoisotopic (exact) mass is 295 g/mol. The van der Waals surface area contributed by atoms with E-state index in [9.17, 15) is 15.0 Å². The fourth-order valence-corrected chi connectivity index (χ4v) is 2.88. The molecule has 1 amide bonds. The van der Waals surface area contributed by atoms with E-state index in [0.29, 0.717) is 17.4 Å². The highest BCUT2D eigenvalue weighted by Crippen LogP contribution is 2.51. The molecule has 2 aliphatic carbocycles. The van der Waals surface area contributed by atoms with Crippen molar-refractivity contribution in [1.29, 1.82) is 0 Å². The number of aromatic hydroxyl groups is 1. The fourth-order valence-electron chi connectivity index (χ4n) is 2.77. The van der Waals surface area contributed by atoms with Gasteiger partial charge in [0, 0.05) is 12.1 Å². The van der Waals surface area contributed by atoms with Gasteiger partial charge in [-0.3, -0.25) is 4.79 Å². The van der Waals surface area contributed by atoms with E-state index >= 15 is 0 Å². The molecule has 0 aromatic heterocycles. The maximum Gasteiger partial charge on any atom is 0.251 e. The zero-order valence-electron chi connectivity index (χ0n) is 11.1. The minimum atomic E-state index is -0.746. The van der Waals surface area contributed by atoms with Crippen molar-refractivity contribution in [2.24, 2.45) is 11.8 Å². The molecule has 0 unspecified atom stereocenters. The summed E-state index contributed by atoms with van der Waals surface area (Å²) in [6, 6.07) is 4.38. The first-order chi connectivity index (χ1) is 9.50. The molecule has 0 radical (unpaired) electrons. The summed E-state index contributed by atoms with van der Waals surface area (Å²) in [6.45, 7) is 0.282. The lowest BCUT2D eigenvalue weighted by Crippen LogP contribution is -2.46. The van der Waals surface area contributed by atoms with Crippen molar-refractivity contribution < 1.29 is 15.0 Å². The Labute approximate surface area is 122 Å². The van der Waals surface area contributed by atoms with Gasteiger partial charge in [-0.1, -0.05) is 11.6 Å². The van der Waals surface area contributed by atoms with E-state index in [4.69, 9.17) is 11.6 Å². The van der Waals surface area contributed by atoms with Crippen molar-refractivity contribution in [2.75, 3.05) is 6.54 Å². The van der Waals surface area contributed by atoms with Crippen LogP contribution in [0.3, 0.4) is 0 Å². The summed E-state index contributed by atoms with van der Waals surface area (Å²) in [5.74, 6) is 0.249. The van der Waals surface area contributed by atoms with Gasteiger partial charge in [0.1, 0.15) is 5.75 Å². The number of aliphatic hydroxyl groups is 1. The number of nitrogens with one attached hydrogen (secondary N) is 1. The van der Waals surface area contributed by atoms with E-state index in [1.807, 2.05) is 0 Å². The summed E-state index contributed by atoms with van der Waals surface area (Å²) >= 11 is 5.71. The molecule has 2 aliphatic rings. The van der Waals surface area contributed by atoms with Crippen molar-refractivity contribution in [2.45, 2.75) is 31.3 Å². The second-order valence-corrected chi connectivity index (χ2v) is 6.30. The van der Waals surface area contributed by atoms with E-state index in [1.165, 1.54) is 12.1 Å². The van der Waals surface area contributed by atoms with Crippen molar-refractivity contribution in [1.82, 2.24) is 5.32 Å². The van der Waals surface area contributed by atoms with Gasteiger partial charge >= 0.3 is 0 Å². The number of carbonyl (C=O) groups is 1. The van der Waals surface area contributed by atoms with Crippen LogP contribution in [-0.4, -0.2) is 28.3 Å². The van der Waals surface area contributed by atoms with E-state index < -0.39 is 5.60 Å². The summed E-state index contributed by atoms with van der Waals surface area (Å²) in [4.78, 5) is 12.1. The molecule has 1 aromatic rings. The molecule has 2 saturated carbocycles. The van der Waals surface area contributed by atoms with Gasteiger partial charge in [0.15, 0.2) is 0 Å². The minimum Gasteiger partial charge on any atom is -0.506 e. The zero-order chi connectivity index (χ0) is 14.3. The summed E-state index contributed by atoms with van der Waals surface area (Å²) in [6.07, 6.45) is 4.18. The molecular formula is C15H18ClNO3. The summed E-state index contributed by atoms with van der Waals surface area (Å²) in [5, 5.41) is 23.2. The van der Waals surface area contributed by atoms with E-state index in [-0.39, 0.29) is 23.2 Å². The molecule has 1 aromatic carbocycles. The van der Waals surface area contributed by atoms with Crippen LogP contribution in [0.4, 0.5) is 0 Å². The highest BCUT2D eigenvalue weighted by molar-refractivity contribution is 6.32. The van der Waals surface area contributed by atoms with Gasteiger partial charge in [0.05, 0.1) is 10.6 Å². The Hall–Kier alpha value is -1.26. The van der Waals surface area contributed by atoms with Crippen LogP contribution in [0, 0.1) is 11.8 Å². The lowest BCUT2D eigenvalue weighted by molar-refractivity contribution is -0.00321. The number of carbonyl (C=O) groups excluding carboxylic acids is 1. The van der Waals surface area contributed by atoms with Crippen molar-refractivity contribution in [3.8, 4) is 5.75 Å². The summed E-state index contributed by atoms with van der Waals surface area (Å²) in [7, 11) is 0. The maximum atomic E-state index is 12.1. The van der Waals surface area contributed by atoms with Crippen LogP contribution in [0.15, 0.2) is 18.2 Å². The minimum absolute atomic E-state index is 0.112. The van der Waals surface area contributed by atoms with Crippen molar-refractivity contribution >= 4 is 17.5 Å². The first kappa shape index (κ1) is 13.7. The Balaban J connectivity index is 1.65. The highest BCUT2D eigenvalue weighted by Gasteiger charge is 2.53. The number of hydrogen-bond acceptors (Lipinski definition) is 3. The predicted octanol–water partition coefficient (Wildman–Crippen LogP) is 2.33. The molecule has 4 nitrogen and oxygen atoms in total. The lowest BCUT2D eigenvalue weighted by Gasteiger charge is -2.28. The third kappa shape index (κ3) is 2.63. The van der Waals surface area contributed by atoms with E-state index in [2.05, 4.69) is 5.32 Å². The van der Waals surface area contributed by atoms with Crippen LogP contribution in [0.25, 0.3) is 0 Å². The smallest absolute Gasteiger partial charge is 0.251 e. The fraction of sp³-hybridized carbons (Fsp3) is 0.533. The molecule has 0 spiro atoms. The number of phenolic OH excluding ortho intramolecular Hbond substituents is 1. The largest absolute Gasteiger partial charge is 0.506 e. The molecule has 0 atom stereocenters. The molecule has 0 saturated heterocycles. The standard InChI is InChI=1S/C15H18ClNO3/c16-12-6-1-9(7-13(12)18)14(19)17-8-15(20,10-2-3-10)11-4-5-11/h1,6-7,10-11,18,20H,2-5,8H2,(H,17,19).